The number of guanidine groups is 1. The summed E-state index contributed by atoms with van der Waals surface area (Å²) >= 11 is 0. The van der Waals surface area contributed by atoms with Crippen LogP contribution >= 0.6 is 24.0 Å². The monoisotopic (exact) mass is 450 g/mol. The van der Waals surface area contributed by atoms with Crippen LogP contribution in [0.1, 0.15) is 51.8 Å². The van der Waals surface area contributed by atoms with Crippen LogP contribution in [-0.4, -0.2) is 39.9 Å². The van der Waals surface area contributed by atoms with Gasteiger partial charge in [0.15, 0.2) is 5.96 Å². The molecule has 0 amide bonds. The second-order valence-corrected chi connectivity index (χ2v) is 5.93. The van der Waals surface area contributed by atoms with Gasteiger partial charge in [-0.3, -0.25) is 9.56 Å². The van der Waals surface area contributed by atoms with E-state index in [0.29, 0.717) is 13.1 Å². The largest absolute Gasteiger partial charge is 0.357 e. The maximum Gasteiger partial charge on any atom is 0.345 e. The van der Waals surface area contributed by atoms with Crippen LogP contribution in [0.3, 0.4) is 0 Å². The number of nitrogens with one attached hydrogen (secondary N) is 2. The smallest absolute Gasteiger partial charge is 0.345 e. The molecule has 1 aromatic rings. The molecule has 138 valence electrons. The Morgan fingerprint density at radius 2 is 2.08 bits per heavy atom. The van der Waals surface area contributed by atoms with Crippen molar-refractivity contribution in [2.45, 2.75) is 65.5 Å². The maximum absolute atomic E-state index is 12.2. The predicted octanol–water partition coefficient (Wildman–Crippen LogP) is 1.74. The summed E-state index contributed by atoms with van der Waals surface area (Å²) in [5.41, 5.74) is 0.0386. The average Bonchev–Trinajstić information content (AvgIpc) is 2.88. The van der Waals surface area contributed by atoms with E-state index in [4.69, 9.17) is 0 Å². The molecule has 0 unspecified atom stereocenters. The molecule has 24 heavy (non-hydrogen) atoms. The van der Waals surface area contributed by atoms with E-state index < -0.39 is 0 Å². The van der Waals surface area contributed by atoms with E-state index >= 15 is 0 Å². The number of fused-ring (bicyclic) bond motifs is 1. The Hall–Kier alpha value is -1.06. The fourth-order valence-electron chi connectivity index (χ4n) is 2.73. The van der Waals surface area contributed by atoms with Gasteiger partial charge in [0.25, 0.3) is 0 Å². The molecule has 0 radical (unpaired) electrons. The van der Waals surface area contributed by atoms with E-state index in [1.807, 2.05) is 4.57 Å². The first kappa shape index (κ1) is 21.0. The van der Waals surface area contributed by atoms with Crippen LogP contribution in [0.25, 0.3) is 0 Å². The molecule has 0 spiro atoms. The summed E-state index contributed by atoms with van der Waals surface area (Å²) in [6, 6.07) is 0. The third kappa shape index (κ3) is 6.10. The third-order valence-corrected chi connectivity index (χ3v) is 4.00. The quantitative estimate of drug-likeness (QED) is 0.274. The van der Waals surface area contributed by atoms with Gasteiger partial charge in [-0.1, -0.05) is 13.3 Å². The van der Waals surface area contributed by atoms with Crippen LogP contribution in [-0.2, 0) is 19.5 Å². The number of aromatic nitrogens is 3. The molecule has 8 heteroatoms. The number of halogens is 1. The lowest BCUT2D eigenvalue weighted by Crippen LogP contribution is -2.37. The molecule has 1 aromatic heterocycles. The highest BCUT2D eigenvalue weighted by molar-refractivity contribution is 14.0. The van der Waals surface area contributed by atoms with Gasteiger partial charge in [0.05, 0.1) is 0 Å². The lowest BCUT2D eigenvalue weighted by Gasteiger charge is -2.10. The number of nitrogens with zero attached hydrogens (tertiary/aromatic N) is 4. The molecule has 7 nitrogen and oxygen atoms in total. The summed E-state index contributed by atoms with van der Waals surface area (Å²) in [5, 5.41) is 11.0. The highest BCUT2D eigenvalue weighted by Gasteiger charge is 2.15. The van der Waals surface area contributed by atoms with Crippen molar-refractivity contribution in [3.05, 3.63) is 16.3 Å². The summed E-state index contributed by atoms with van der Waals surface area (Å²) in [6.07, 6.45) is 6.27. The van der Waals surface area contributed by atoms with Gasteiger partial charge in [-0.05, 0) is 32.6 Å². The van der Waals surface area contributed by atoms with E-state index in [1.165, 1.54) is 6.42 Å². The van der Waals surface area contributed by atoms with Gasteiger partial charge in [-0.2, -0.15) is 5.10 Å². The van der Waals surface area contributed by atoms with Crippen LogP contribution < -0.4 is 16.3 Å². The van der Waals surface area contributed by atoms with E-state index in [0.717, 1.165) is 63.5 Å². The number of aryl methyl sites for hydroxylation is 2. The molecule has 0 aliphatic carbocycles. The Morgan fingerprint density at radius 3 is 2.79 bits per heavy atom. The van der Waals surface area contributed by atoms with Crippen molar-refractivity contribution in [2.75, 3.05) is 19.6 Å². The summed E-state index contributed by atoms with van der Waals surface area (Å²) < 4.78 is 3.43. The molecule has 0 bridgehead atoms. The standard InChI is InChI=1S/C16H30N6O.HI/c1-3-5-10-18-15(17-4-2)19-11-8-13-22-16(23)21-12-7-6-9-14(21)20-22;/h3-13H2,1-2H3,(H2,17,18,19);1H. The van der Waals surface area contributed by atoms with Crippen LogP contribution in [0.15, 0.2) is 9.79 Å². The van der Waals surface area contributed by atoms with E-state index in [9.17, 15) is 4.79 Å². The lowest BCUT2D eigenvalue weighted by molar-refractivity contribution is 0.509. The minimum absolute atomic E-state index is 0. The zero-order valence-electron chi connectivity index (χ0n) is 14.9. The van der Waals surface area contributed by atoms with Crippen molar-refractivity contribution >= 4 is 29.9 Å². The van der Waals surface area contributed by atoms with Gasteiger partial charge < -0.3 is 10.6 Å². The zero-order chi connectivity index (χ0) is 16.5. The van der Waals surface area contributed by atoms with Gasteiger partial charge in [-0.25, -0.2) is 9.48 Å². The molecule has 2 heterocycles. The SMILES string of the molecule is CCCCNC(=NCCCn1nc2n(c1=O)CCCC2)NCC.I. The second kappa shape index (κ2) is 11.5. The molecular formula is C16H31IN6O. The van der Waals surface area contributed by atoms with Crippen molar-refractivity contribution in [3.8, 4) is 0 Å². The lowest BCUT2D eigenvalue weighted by atomic mass is 10.2. The number of hydrogen-bond acceptors (Lipinski definition) is 3. The number of aliphatic imine (C=N–C) groups is 1. The molecule has 1 aliphatic rings. The van der Waals surface area contributed by atoms with Crippen molar-refractivity contribution in [1.82, 2.24) is 25.0 Å². The van der Waals surface area contributed by atoms with Crippen LogP contribution in [0.2, 0.25) is 0 Å². The molecule has 2 N–H and O–H groups in total. The predicted molar refractivity (Wildman–Crippen MR) is 108 cm³/mol. The number of unbranched alkanes of at least 4 members (excludes halogenated alkanes) is 1. The Bertz CT molecular complexity index is 565. The summed E-state index contributed by atoms with van der Waals surface area (Å²) in [6.45, 7) is 8.17. The van der Waals surface area contributed by atoms with Crippen molar-refractivity contribution in [2.24, 2.45) is 4.99 Å². The number of hydrogen-bond donors (Lipinski definition) is 2. The molecule has 0 atom stereocenters. The Kier molecular flexibility index (Phi) is 10.0. The molecule has 1 aliphatic heterocycles. The first-order valence-corrected chi connectivity index (χ1v) is 8.95. The van der Waals surface area contributed by atoms with Gasteiger partial charge in [0.2, 0.25) is 0 Å². The number of rotatable bonds is 8. The minimum Gasteiger partial charge on any atom is -0.357 e. The molecule has 0 saturated carbocycles. The Labute approximate surface area is 161 Å². The van der Waals surface area contributed by atoms with Crippen molar-refractivity contribution in [3.63, 3.8) is 0 Å². The summed E-state index contributed by atoms with van der Waals surface area (Å²) in [4.78, 5) is 16.8. The van der Waals surface area contributed by atoms with Crippen molar-refractivity contribution in [1.29, 1.82) is 0 Å². The topological polar surface area (TPSA) is 76.2 Å². The van der Waals surface area contributed by atoms with E-state index in [-0.39, 0.29) is 29.7 Å². The van der Waals surface area contributed by atoms with Gasteiger partial charge in [-0.15, -0.1) is 24.0 Å². The van der Waals surface area contributed by atoms with E-state index in [2.05, 4.69) is 34.6 Å². The van der Waals surface area contributed by atoms with Gasteiger partial charge in [0.1, 0.15) is 5.82 Å². The molecule has 0 aromatic carbocycles. The normalized spacial score (nSPS) is 14.0. The van der Waals surface area contributed by atoms with Gasteiger partial charge in [0, 0.05) is 39.1 Å². The van der Waals surface area contributed by atoms with Gasteiger partial charge >= 0.3 is 5.69 Å². The zero-order valence-corrected chi connectivity index (χ0v) is 17.2. The molecule has 0 saturated heterocycles. The first-order valence-electron chi connectivity index (χ1n) is 8.95. The minimum atomic E-state index is 0. The summed E-state index contributed by atoms with van der Waals surface area (Å²) in [5.74, 6) is 1.80. The van der Waals surface area contributed by atoms with Crippen LogP contribution in [0.4, 0.5) is 0 Å². The maximum atomic E-state index is 12.2. The van der Waals surface area contributed by atoms with E-state index in [1.54, 1.807) is 4.68 Å². The fourth-order valence-corrected chi connectivity index (χ4v) is 2.73. The third-order valence-electron chi connectivity index (χ3n) is 4.00. The fraction of sp³-hybridized carbons (Fsp3) is 0.812. The van der Waals surface area contributed by atoms with Crippen LogP contribution in [0.5, 0.6) is 0 Å². The molecular weight excluding hydrogens is 419 g/mol. The van der Waals surface area contributed by atoms with Crippen LogP contribution in [0, 0.1) is 0 Å². The second-order valence-electron chi connectivity index (χ2n) is 5.93. The molecule has 0 fully saturated rings. The first-order chi connectivity index (χ1) is 11.3. The Balaban J connectivity index is 0.00000288. The Morgan fingerprint density at radius 1 is 1.25 bits per heavy atom. The highest BCUT2D eigenvalue weighted by Crippen LogP contribution is 2.09. The molecule has 2 rings (SSSR count). The average molecular weight is 450 g/mol. The van der Waals surface area contributed by atoms with Crippen molar-refractivity contribution < 1.29 is 0 Å². The highest BCUT2D eigenvalue weighted by atomic mass is 127. The summed E-state index contributed by atoms with van der Waals surface area (Å²) in [7, 11) is 0.